The molecule has 0 saturated heterocycles. The van der Waals surface area contributed by atoms with Crippen molar-refractivity contribution in [2.45, 2.75) is 59.0 Å². The van der Waals surface area contributed by atoms with Gasteiger partial charge in [0.2, 0.25) is 0 Å². The smallest absolute Gasteiger partial charge is 0.105 e. The van der Waals surface area contributed by atoms with Crippen LogP contribution in [0.3, 0.4) is 0 Å². The summed E-state index contributed by atoms with van der Waals surface area (Å²) in [5.41, 5.74) is -0.379. The van der Waals surface area contributed by atoms with Crippen LogP contribution >= 0.6 is 0 Å². The van der Waals surface area contributed by atoms with Crippen molar-refractivity contribution < 1.29 is 0 Å². The molecular formula is C13H27N3. The molecule has 94 valence electrons. The zero-order valence-electron chi connectivity index (χ0n) is 11.5. The fourth-order valence-electron chi connectivity index (χ4n) is 1.89. The van der Waals surface area contributed by atoms with Crippen molar-refractivity contribution in [2.24, 2.45) is 0 Å². The second-order valence-electron chi connectivity index (χ2n) is 4.61. The van der Waals surface area contributed by atoms with Gasteiger partial charge < -0.3 is 4.90 Å². The van der Waals surface area contributed by atoms with E-state index in [0.717, 1.165) is 32.5 Å². The highest BCUT2D eigenvalue weighted by molar-refractivity contribution is 5.03. The van der Waals surface area contributed by atoms with Gasteiger partial charge in [-0.3, -0.25) is 5.32 Å². The van der Waals surface area contributed by atoms with E-state index in [-0.39, 0.29) is 5.54 Å². The third-order valence-electron chi connectivity index (χ3n) is 3.33. The average molecular weight is 225 g/mol. The molecule has 0 amide bonds. The molecule has 0 aromatic carbocycles. The Kier molecular flexibility index (Phi) is 7.36. The highest BCUT2D eigenvalue weighted by Gasteiger charge is 2.23. The lowest BCUT2D eigenvalue weighted by Gasteiger charge is -2.31. The molecule has 0 aromatic rings. The lowest BCUT2D eigenvalue weighted by Crippen LogP contribution is -2.45. The topological polar surface area (TPSA) is 39.1 Å². The van der Waals surface area contributed by atoms with Crippen molar-refractivity contribution in [2.75, 3.05) is 19.6 Å². The maximum atomic E-state index is 9.17. The van der Waals surface area contributed by atoms with Gasteiger partial charge in [-0.15, -0.1) is 0 Å². The lowest BCUT2D eigenvalue weighted by molar-refractivity contribution is 0.196. The van der Waals surface area contributed by atoms with Crippen LogP contribution in [0, 0.1) is 11.3 Å². The molecule has 3 nitrogen and oxygen atoms in total. The van der Waals surface area contributed by atoms with Crippen molar-refractivity contribution in [3.05, 3.63) is 0 Å². The molecule has 0 aromatic heterocycles. The molecule has 0 aliphatic carbocycles. The molecule has 0 aliphatic rings. The number of hydrogen-bond acceptors (Lipinski definition) is 3. The van der Waals surface area contributed by atoms with E-state index in [9.17, 15) is 0 Å². The van der Waals surface area contributed by atoms with E-state index in [2.05, 4.69) is 37.1 Å². The van der Waals surface area contributed by atoms with E-state index < -0.39 is 0 Å². The van der Waals surface area contributed by atoms with E-state index in [1.807, 2.05) is 13.8 Å². The molecule has 0 fully saturated rings. The van der Waals surface area contributed by atoms with E-state index in [1.165, 1.54) is 0 Å². The minimum absolute atomic E-state index is 0.379. The zero-order chi connectivity index (χ0) is 12.6. The fourth-order valence-corrected chi connectivity index (χ4v) is 1.89. The van der Waals surface area contributed by atoms with Crippen molar-refractivity contribution >= 4 is 0 Å². The van der Waals surface area contributed by atoms with Gasteiger partial charge in [0.15, 0.2) is 0 Å². The highest BCUT2D eigenvalue weighted by atomic mass is 15.1. The molecule has 3 heteroatoms. The van der Waals surface area contributed by atoms with Crippen molar-refractivity contribution in [1.29, 1.82) is 5.26 Å². The minimum atomic E-state index is -0.379. The second-order valence-corrected chi connectivity index (χ2v) is 4.61. The van der Waals surface area contributed by atoms with Gasteiger partial charge in [0, 0.05) is 12.6 Å². The molecule has 0 bridgehead atoms. The van der Waals surface area contributed by atoms with Gasteiger partial charge in [-0.2, -0.15) is 5.26 Å². The maximum Gasteiger partial charge on any atom is 0.105 e. The third kappa shape index (κ3) is 4.96. The Labute approximate surface area is 101 Å². The Morgan fingerprint density at radius 1 is 1.38 bits per heavy atom. The summed E-state index contributed by atoms with van der Waals surface area (Å²) in [6.45, 7) is 13.6. The summed E-state index contributed by atoms with van der Waals surface area (Å²) in [5.74, 6) is 0. The molecule has 0 spiro atoms. The first-order chi connectivity index (χ1) is 7.52. The molecule has 0 aliphatic heterocycles. The summed E-state index contributed by atoms with van der Waals surface area (Å²) in [6.07, 6.45) is 2.05. The molecule has 2 unspecified atom stereocenters. The molecule has 0 rings (SSSR count). The van der Waals surface area contributed by atoms with Crippen molar-refractivity contribution in [3.63, 3.8) is 0 Å². The Morgan fingerprint density at radius 3 is 2.38 bits per heavy atom. The second kappa shape index (κ2) is 7.65. The molecule has 0 saturated carbocycles. The number of nitrogens with zero attached hydrogens (tertiary/aromatic N) is 2. The lowest BCUT2D eigenvalue weighted by atomic mass is 9.99. The predicted molar refractivity (Wildman–Crippen MR) is 69.3 cm³/mol. The van der Waals surface area contributed by atoms with Gasteiger partial charge in [-0.05, 0) is 39.8 Å². The number of nitriles is 1. The summed E-state index contributed by atoms with van der Waals surface area (Å²) in [7, 11) is 0. The Bertz CT molecular complexity index is 222. The van der Waals surface area contributed by atoms with Gasteiger partial charge in [-0.1, -0.05) is 20.8 Å². The highest BCUT2D eigenvalue weighted by Crippen LogP contribution is 2.12. The Balaban J connectivity index is 4.23. The van der Waals surface area contributed by atoms with E-state index in [4.69, 9.17) is 5.26 Å². The monoisotopic (exact) mass is 225 g/mol. The van der Waals surface area contributed by atoms with Gasteiger partial charge in [0.05, 0.1) is 6.07 Å². The summed E-state index contributed by atoms with van der Waals surface area (Å²) >= 11 is 0. The van der Waals surface area contributed by atoms with E-state index in [0.29, 0.717) is 6.04 Å². The predicted octanol–water partition coefficient (Wildman–Crippen LogP) is 2.39. The summed E-state index contributed by atoms with van der Waals surface area (Å²) < 4.78 is 0. The Morgan fingerprint density at radius 2 is 2.00 bits per heavy atom. The van der Waals surface area contributed by atoms with Gasteiger partial charge in [-0.25, -0.2) is 0 Å². The maximum absolute atomic E-state index is 9.17. The van der Waals surface area contributed by atoms with Gasteiger partial charge >= 0.3 is 0 Å². The Hall–Kier alpha value is -0.590. The first-order valence-electron chi connectivity index (χ1n) is 6.43. The first-order valence-corrected chi connectivity index (χ1v) is 6.43. The van der Waals surface area contributed by atoms with Crippen LogP contribution in [0.25, 0.3) is 0 Å². The number of rotatable bonds is 8. The van der Waals surface area contributed by atoms with Crippen LogP contribution in [-0.2, 0) is 0 Å². The van der Waals surface area contributed by atoms with Crippen molar-refractivity contribution in [1.82, 2.24) is 10.2 Å². The molecular weight excluding hydrogens is 198 g/mol. The zero-order valence-corrected chi connectivity index (χ0v) is 11.5. The normalized spacial score (nSPS) is 16.8. The molecule has 1 N–H and O–H groups in total. The summed E-state index contributed by atoms with van der Waals surface area (Å²) in [4.78, 5) is 2.44. The van der Waals surface area contributed by atoms with Crippen LogP contribution in [0.4, 0.5) is 0 Å². The molecule has 2 atom stereocenters. The third-order valence-corrected chi connectivity index (χ3v) is 3.33. The largest absolute Gasteiger partial charge is 0.301 e. The van der Waals surface area contributed by atoms with Crippen LogP contribution < -0.4 is 5.32 Å². The quantitative estimate of drug-likeness (QED) is 0.689. The molecule has 0 radical (unpaired) electrons. The number of nitrogens with one attached hydrogen (secondary N) is 1. The first kappa shape index (κ1) is 15.4. The summed E-state index contributed by atoms with van der Waals surface area (Å²) in [5, 5.41) is 12.4. The van der Waals surface area contributed by atoms with E-state index >= 15 is 0 Å². The van der Waals surface area contributed by atoms with Crippen LogP contribution in [0.2, 0.25) is 0 Å². The fraction of sp³-hybridized carbons (Fsp3) is 0.923. The standard InChI is InChI=1S/C13H27N3/c1-6-12(4)16(8-3)10-9-13(5,11-14)15-7-2/h12,15H,6-10H2,1-5H3. The molecule has 16 heavy (non-hydrogen) atoms. The SMILES string of the molecule is CCNC(C)(C#N)CCN(CC)C(C)CC. The van der Waals surface area contributed by atoms with Crippen LogP contribution in [0.1, 0.15) is 47.5 Å². The van der Waals surface area contributed by atoms with E-state index in [1.54, 1.807) is 0 Å². The molecule has 0 heterocycles. The minimum Gasteiger partial charge on any atom is -0.301 e. The van der Waals surface area contributed by atoms with Crippen LogP contribution in [0.15, 0.2) is 0 Å². The van der Waals surface area contributed by atoms with Crippen molar-refractivity contribution in [3.8, 4) is 6.07 Å². The van der Waals surface area contributed by atoms with Crippen LogP contribution in [0.5, 0.6) is 0 Å². The van der Waals surface area contributed by atoms with Crippen LogP contribution in [-0.4, -0.2) is 36.1 Å². The van der Waals surface area contributed by atoms with Gasteiger partial charge in [0.25, 0.3) is 0 Å². The average Bonchev–Trinajstić information content (AvgIpc) is 2.29. The number of hydrogen-bond donors (Lipinski definition) is 1. The van der Waals surface area contributed by atoms with Gasteiger partial charge in [0.1, 0.15) is 5.54 Å². The summed E-state index contributed by atoms with van der Waals surface area (Å²) in [6, 6.07) is 2.98.